The van der Waals surface area contributed by atoms with Crippen LogP contribution in [0.25, 0.3) is 0 Å². The third-order valence-electron chi connectivity index (χ3n) is 3.34. The third-order valence-corrected chi connectivity index (χ3v) is 3.34. The molecular formula is C17H28O. The molecule has 0 atom stereocenters. The second kappa shape index (κ2) is 4.60. The van der Waals surface area contributed by atoms with Crippen molar-refractivity contribution >= 4 is 0 Å². The van der Waals surface area contributed by atoms with Gasteiger partial charge in [-0.25, -0.2) is 0 Å². The van der Waals surface area contributed by atoms with Gasteiger partial charge in [-0.05, 0) is 33.9 Å². The molecule has 0 aromatic heterocycles. The maximum atomic E-state index is 10.3. The van der Waals surface area contributed by atoms with Crippen LogP contribution in [-0.2, 0) is 10.8 Å². The molecule has 102 valence electrons. The van der Waals surface area contributed by atoms with E-state index in [4.69, 9.17) is 0 Å². The van der Waals surface area contributed by atoms with E-state index in [1.807, 2.05) is 6.07 Å². The predicted molar refractivity (Wildman–Crippen MR) is 79.6 cm³/mol. The fraction of sp³-hybridized carbons (Fsp3) is 0.647. The van der Waals surface area contributed by atoms with E-state index in [1.165, 1.54) is 11.1 Å². The van der Waals surface area contributed by atoms with Gasteiger partial charge in [0.05, 0.1) is 0 Å². The van der Waals surface area contributed by atoms with E-state index in [-0.39, 0.29) is 10.8 Å². The van der Waals surface area contributed by atoms with Crippen molar-refractivity contribution in [2.75, 3.05) is 0 Å². The molecule has 0 aliphatic heterocycles. The van der Waals surface area contributed by atoms with Crippen LogP contribution in [0, 0.1) is 0 Å². The first-order valence-electron chi connectivity index (χ1n) is 6.83. The molecular weight excluding hydrogens is 220 g/mol. The molecule has 0 aliphatic carbocycles. The zero-order chi connectivity index (χ0) is 14.3. The predicted octanol–water partition coefficient (Wildman–Crippen LogP) is 5.11. The van der Waals surface area contributed by atoms with Crippen molar-refractivity contribution in [1.29, 1.82) is 0 Å². The molecule has 1 rings (SSSR count). The van der Waals surface area contributed by atoms with Gasteiger partial charge in [0.2, 0.25) is 0 Å². The molecule has 1 N–H and O–H groups in total. The summed E-state index contributed by atoms with van der Waals surface area (Å²) in [6.45, 7) is 17.6. The molecule has 1 aromatic rings. The summed E-state index contributed by atoms with van der Waals surface area (Å²) in [5.41, 5.74) is 3.76. The monoisotopic (exact) mass is 248 g/mol. The summed E-state index contributed by atoms with van der Waals surface area (Å²) in [6.07, 6.45) is 0. The first kappa shape index (κ1) is 15.1. The van der Waals surface area contributed by atoms with E-state index >= 15 is 0 Å². The second-order valence-corrected chi connectivity index (χ2v) is 7.58. The largest absolute Gasteiger partial charge is 0.508 e. The van der Waals surface area contributed by atoms with Crippen LogP contribution < -0.4 is 0 Å². The lowest BCUT2D eigenvalue weighted by atomic mass is 9.71. The minimum atomic E-state index is -0.0441. The number of hydrogen-bond acceptors (Lipinski definition) is 1. The van der Waals surface area contributed by atoms with Crippen molar-refractivity contribution in [3.63, 3.8) is 0 Å². The van der Waals surface area contributed by atoms with Crippen molar-refractivity contribution in [3.05, 3.63) is 28.8 Å². The lowest BCUT2D eigenvalue weighted by Gasteiger charge is -2.34. The first-order chi connectivity index (χ1) is 7.96. The number of phenols is 1. The maximum Gasteiger partial charge on any atom is 0.119 e. The summed E-state index contributed by atoms with van der Waals surface area (Å²) >= 11 is 0. The molecule has 1 nitrogen and oxygen atoms in total. The molecule has 18 heavy (non-hydrogen) atoms. The zero-order valence-corrected chi connectivity index (χ0v) is 13.2. The average Bonchev–Trinajstić information content (AvgIpc) is 2.13. The van der Waals surface area contributed by atoms with Crippen molar-refractivity contribution in [2.24, 2.45) is 0 Å². The number of hydrogen-bond donors (Lipinski definition) is 1. The van der Waals surface area contributed by atoms with Crippen LogP contribution in [0.1, 0.15) is 78.0 Å². The van der Waals surface area contributed by atoms with Gasteiger partial charge in [0.1, 0.15) is 5.75 Å². The van der Waals surface area contributed by atoms with Crippen LogP contribution in [0.3, 0.4) is 0 Å². The van der Waals surface area contributed by atoms with E-state index < -0.39 is 0 Å². The maximum absolute atomic E-state index is 10.3. The van der Waals surface area contributed by atoms with E-state index in [2.05, 4.69) is 61.5 Å². The summed E-state index contributed by atoms with van der Waals surface area (Å²) < 4.78 is 0. The summed E-state index contributed by atoms with van der Waals surface area (Å²) in [5.74, 6) is 0.901. The van der Waals surface area contributed by atoms with Gasteiger partial charge >= 0.3 is 0 Å². The SMILES string of the molecule is CC(C)c1ccc(O)c(C(C)(C)C)c1C(C)(C)C. The van der Waals surface area contributed by atoms with Crippen molar-refractivity contribution < 1.29 is 5.11 Å². The minimum absolute atomic E-state index is 0.0426. The zero-order valence-electron chi connectivity index (χ0n) is 13.2. The van der Waals surface area contributed by atoms with Gasteiger partial charge in [0.15, 0.2) is 0 Å². The van der Waals surface area contributed by atoms with Crippen LogP contribution in [0.4, 0.5) is 0 Å². The Hall–Kier alpha value is -0.980. The van der Waals surface area contributed by atoms with E-state index in [0.717, 1.165) is 5.56 Å². The molecule has 0 fully saturated rings. The van der Waals surface area contributed by atoms with Crippen molar-refractivity contribution in [2.45, 2.75) is 72.1 Å². The standard InChI is InChI=1S/C17H28O/c1-11(2)12-9-10-13(18)15(17(6,7)8)14(12)16(3,4)5/h9-11,18H,1-8H3. The van der Waals surface area contributed by atoms with E-state index in [1.54, 1.807) is 0 Å². The lowest BCUT2D eigenvalue weighted by molar-refractivity contribution is 0.433. The fourth-order valence-corrected chi connectivity index (χ4v) is 2.66. The summed E-state index contributed by atoms with van der Waals surface area (Å²) in [7, 11) is 0. The molecule has 0 saturated heterocycles. The van der Waals surface area contributed by atoms with Crippen LogP contribution in [0.5, 0.6) is 5.75 Å². The van der Waals surface area contributed by atoms with Crippen LogP contribution in [0.15, 0.2) is 12.1 Å². The number of rotatable bonds is 1. The number of phenolic OH excluding ortho intramolecular Hbond substituents is 1. The Balaban J connectivity index is 3.73. The Morgan fingerprint density at radius 1 is 0.833 bits per heavy atom. The highest BCUT2D eigenvalue weighted by Crippen LogP contribution is 2.43. The summed E-state index contributed by atoms with van der Waals surface area (Å²) in [5, 5.41) is 10.3. The molecule has 1 heteroatoms. The van der Waals surface area contributed by atoms with Crippen LogP contribution in [-0.4, -0.2) is 5.11 Å². The van der Waals surface area contributed by atoms with Gasteiger partial charge in [-0.1, -0.05) is 61.5 Å². The molecule has 0 unspecified atom stereocenters. The molecule has 1 aromatic carbocycles. The van der Waals surface area contributed by atoms with E-state index in [0.29, 0.717) is 11.7 Å². The molecule has 0 bridgehead atoms. The topological polar surface area (TPSA) is 20.2 Å². The first-order valence-corrected chi connectivity index (χ1v) is 6.83. The Bertz CT molecular complexity index is 428. The van der Waals surface area contributed by atoms with Crippen molar-refractivity contribution in [3.8, 4) is 5.75 Å². The van der Waals surface area contributed by atoms with Crippen LogP contribution >= 0.6 is 0 Å². The Morgan fingerprint density at radius 2 is 1.28 bits per heavy atom. The third kappa shape index (κ3) is 2.88. The highest BCUT2D eigenvalue weighted by Gasteiger charge is 2.30. The second-order valence-electron chi connectivity index (χ2n) is 7.58. The number of benzene rings is 1. The quantitative estimate of drug-likeness (QED) is 0.732. The molecule has 0 radical (unpaired) electrons. The highest BCUT2D eigenvalue weighted by molar-refractivity contribution is 5.52. The molecule has 0 heterocycles. The fourth-order valence-electron chi connectivity index (χ4n) is 2.66. The lowest BCUT2D eigenvalue weighted by Crippen LogP contribution is -2.24. The van der Waals surface area contributed by atoms with Gasteiger partial charge in [0, 0.05) is 5.56 Å². The van der Waals surface area contributed by atoms with Crippen molar-refractivity contribution in [1.82, 2.24) is 0 Å². The van der Waals surface area contributed by atoms with E-state index in [9.17, 15) is 5.11 Å². The highest BCUT2D eigenvalue weighted by atomic mass is 16.3. The average molecular weight is 248 g/mol. The molecule has 0 spiro atoms. The Kier molecular flexibility index (Phi) is 3.86. The normalized spacial score (nSPS) is 13.2. The Labute approximate surface area is 112 Å². The van der Waals surface area contributed by atoms with Crippen LogP contribution in [0.2, 0.25) is 0 Å². The van der Waals surface area contributed by atoms with Gasteiger partial charge in [-0.3, -0.25) is 0 Å². The van der Waals surface area contributed by atoms with Gasteiger partial charge in [-0.2, -0.15) is 0 Å². The Morgan fingerprint density at radius 3 is 1.61 bits per heavy atom. The summed E-state index contributed by atoms with van der Waals surface area (Å²) in [6, 6.07) is 3.93. The number of aromatic hydroxyl groups is 1. The molecule has 0 amide bonds. The molecule has 0 saturated carbocycles. The van der Waals surface area contributed by atoms with Gasteiger partial charge in [-0.15, -0.1) is 0 Å². The smallest absolute Gasteiger partial charge is 0.119 e. The van der Waals surface area contributed by atoms with Gasteiger partial charge in [0.25, 0.3) is 0 Å². The molecule has 0 aliphatic rings. The summed E-state index contributed by atoms with van der Waals surface area (Å²) in [4.78, 5) is 0. The van der Waals surface area contributed by atoms with Gasteiger partial charge < -0.3 is 5.11 Å². The minimum Gasteiger partial charge on any atom is -0.508 e.